The molecule has 1 aromatic carbocycles. The van der Waals surface area contributed by atoms with Crippen molar-refractivity contribution in [3.05, 3.63) is 34.5 Å². The number of ether oxygens (including phenoxy) is 1. The average Bonchev–Trinajstić information content (AvgIpc) is 3.00. The Morgan fingerprint density at radius 1 is 1.38 bits per heavy atom. The lowest BCUT2D eigenvalue weighted by molar-refractivity contribution is -0.384. The monoisotopic (exact) mass is 295 g/mol. The number of hydrogen-bond donors (Lipinski definition) is 3. The molecule has 0 unspecified atom stereocenters. The van der Waals surface area contributed by atoms with E-state index in [2.05, 4.69) is 5.10 Å². The van der Waals surface area contributed by atoms with Crippen LogP contribution in [0.1, 0.15) is 6.23 Å². The Bertz CT molecular complexity index is 687. The molecule has 0 aliphatic carbocycles. The number of nitrogens with zero attached hydrogens (tertiary/aromatic N) is 3. The van der Waals surface area contributed by atoms with Gasteiger partial charge in [-0.05, 0) is 6.07 Å². The van der Waals surface area contributed by atoms with Crippen molar-refractivity contribution >= 4 is 16.6 Å². The summed E-state index contributed by atoms with van der Waals surface area (Å²) in [5.41, 5.74) is 0.432. The predicted octanol–water partition coefficient (Wildman–Crippen LogP) is -0.444. The van der Waals surface area contributed by atoms with E-state index in [0.717, 1.165) is 0 Å². The van der Waals surface area contributed by atoms with Gasteiger partial charge in [0.05, 0.1) is 17.0 Å². The van der Waals surface area contributed by atoms with E-state index < -0.39 is 36.1 Å². The van der Waals surface area contributed by atoms with Crippen molar-refractivity contribution in [2.75, 3.05) is 6.61 Å². The lowest BCUT2D eigenvalue weighted by Gasteiger charge is -2.14. The molecular weight excluding hydrogens is 282 g/mol. The standard InChI is InChI=1S/C12H13N3O6/c16-5-9-10(17)11(18)12(21-9)14-4-6-3-7(15(19)20)1-2-8(6)13-14/h1-4,9-12,16-18H,5H2/t9-,10+,11-,12-/m0/s1. The van der Waals surface area contributed by atoms with Gasteiger partial charge in [-0.15, -0.1) is 0 Å². The number of nitro benzene ring substituents is 1. The molecule has 3 N–H and O–H groups in total. The first kappa shape index (κ1) is 13.9. The highest BCUT2D eigenvalue weighted by molar-refractivity contribution is 5.80. The molecule has 112 valence electrons. The molecule has 0 spiro atoms. The molecule has 3 rings (SSSR count). The van der Waals surface area contributed by atoms with E-state index in [-0.39, 0.29) is 5.69 Å². The molecule has 0 bridgehead atoms. The van der Waals surface area contributed by atoms with Gasteiger partial charge in [0.1, 0.15) is 18.3 Å². The second-order valence-electron chi connectivity index (χ2n) is 4.84. The number of aliphatic hydroxyl groups excluding tert-OH is 3. The average molecular weight is 295 g/mol. The summed E-state index contributed by atoms with van der Waals surface area (Å²) in [7, 11) is 0. The Balaban J connectivity index is 1.96. The van der Waals surface area contributed by atoms with Gasteiger partial charge in [0.2, 0.25) is 0 Å². The van der Waals surface area contributed by atoms with E-state index in [9.17, 15) is 20.3 Å². The molecule has 0 amide bonds. The van der Waals surface area contributed by atoms with Crippen LogP contribution in [0.15, 0.2) is 24.4 Å². The van der Waals surface area contributed by atoms with Crippen molar-refractivity contribution in [3.63, 3.8) is 0 Å². The molecule has 0 radical (unpaired) electrons. The van der Waals surface area contributed by atoms with Crippen LogP contribution >= 0.6 is 0 Å². The molecule has 9 nitrogen and oxygen atoms in total. The summed E-state index contributed by atoms with van der Waals surface area (Å²) in [4.78, 5) is 10.2. The van der Waals surface area contributed by atoms with Gasteiger partial charge >= 0.3 is 0 Å². The molecule has 1 aliphatic rings. The van der Waals surface area contributed by atoms with Crippen molar-refractivity contribution in [3.8, 4) is 0 Å². The Labute approximate surface area is 118 Å². The van der Waals surface area contributed by atoms with E-state index in [1.165, 1.54) is 29.1 Å². The zero-order chi connectivity index (χ0) is 15.1. The quantitative estimate of drug-likeness (QED) is 0.516. The van der Waals surface area contributed by atoms with Gasteiger partial charge in [-0.2, -0.15) is 5.10 Å². The number of fused-ring (bicyclic) bond motifs is 1. The van der Waals surface area contributed by atoms with Crippen molar-refractivity contribution in [2.45, 2.75) is 24.5 Å². The summed E-state index contributed by atoms with van der Waals surface area (Å²) in [6.07, 6.45) is -2.83. The Kier molecular flexibility index (Phi) is 3.33. The fourth-order valence-electron chi connectivity index (χ4n) is 2.37. The fraction of sp³-hybridized carbons (Fsp3) is 0.417. The van der Waals surface area contributed by atoms with E-state index in [1.54, 1.807) is 0 Å². The maximum Gasteiger partial charge on any atom is 0.270 e. The third kappa shape index (κ3) is 2.25. The third-order valence-corrected chi connectivity index (χ3v) is 3.49. The lowest BCUT2D eigenvalue weighted by atomic mass is 10.1. The first-order valence-electron chi connectivity index (χ1n) is 6.27. The molecule has 1 saturated heterocycles. The highest BCUT2D eigenvalue weighted by atomic mass is 16.6. The number of aliphatic hydroxyl groups is 3. The predicted molar refractivity (Wildman–Crippen MR) is 69.4 cm³/mol. The first-order valence-corrected chi connectivity index (χ1v) is 6.27. The van der Waals surface area contributed by atoms with E-state index in [0.29, 0.717) is 10.9 Å². The fourth-order valence-corrected chi connectivity index (χ4v) is 2.37. The summed E-state index contributed by atoms with van der Waals surface area (Å²) in [6, 6.07) is 4.18. The molecule has 0 saturated carbocycles. The molecular formula is C12H13N3O6. The van der Waals surface area contributed by atoms with Crippen LogP contribution < -0.4 is 0 Å². The van der Waals surface area contributed by atoms with Gasteiger partial charge in [0.25, 0.3) is 5.69 Å². The van der Waals surface area contributed by atoms with Crippen LogP contribution in [-0.2, 0) is 4.74 Å². The Hall–Kier alpha value is -2.07. The number of rotatable bonds is 3. The maximum atomic E-state index is 10.7. The van der Waals surface area contributed by atoms with Crippen LogP contribution in [0.4, 0.5) is 5.69 Å². The van der Waals surface area contributed by atoms with Gasteiger partial charge in [0, 0.05) is 23.7 Å². The van der Waals surface area contributed by atoms with Crippen LogP contribution in [0, 0.1) is 10.1 Å². The van der Waals surface area contributed by atoms with Crippen LogP contribution in [-0.4, -0.2) is 54.9 Å². The van der Waals surface area contributed by atoms with Gasteiger partial charge in [0.15, 0.2) is 6.23 Å². The van der Waals surface area contributed by atoms with Gasteiger partial charge < -0.3 is 20.1 Å². The summed E-state index contributed by atoms with van der Waals surface area (Å²) >= 11 is 0. The summed E-state index contributed by atoms with van der Waals surface area (Å²) in [5.74, 6) is 0. The molecule has 1 fully saturated rings. The van der Waals surface area contributed by atoms with E-state index in [4.69, 9.17) is 9.84 Å². The molecule has 2 heterocycles. The molecule has 21 heavy (non-hydrogen) atoms. The number of non-ortho nitro benzene ring substituents is 1. The molecule has 2 aromatic rings. The van der Waals surface area contributed by atoms with Crippen LogP contribution in [0.25, 0.3) is 10.9 Å². The van der Waals surface area contributed by atoms with E-state index >= 15 is 0 Å². The molecule has 9 heteroatoms. The second kappa shape index (κ2) is 5.04. The normalized spacial score (nSPS) is 29.1. The number of benzene rings is 1. The summed E-state index contributed by atoms with van der Waals surface area (Å²) < 4.78 is 6.63. The topological polar surface area (TPSA) is 131 Å². The number of nitro groups is 1. The van der Waals surface area contributed by atoms with Gasteiger partial charge in [-0.25, -0.2) is 4.68 Å². The van der Waals surface area contributed by atoms with E-state index in [1.807, 2.05) is 0 Å². The smallest absolute Gasteiger partial charge is 0.270 e. The van der Waals surface area contributed by atoms with Crippen LogP contribution in [0.2, 0.25) is 0 Å². The van der Waals surface area contributed by atoms with Gasteiger partial charge in [-0.1, -0.05) is 0 Å². The number of hydrogen-bond acceptors (Lipinski definition) is 7. The summed E-state index contributed by atoms with van der Waals surface area (Å²) in [6.45, 7) is -0.430. The zero-order valence-corrected chi connectivity index (χ0v) is 10.7. The Morgan fingerprint density at radius 2 is 2.14 bits per heavy atom. The zero-order valence-electron chi connectivity index (χ0n) is 10.7. The van der Waals surface area contributed by atoms with Crippen molar-refractivity contribution in [2.24, 2.45) is 0 Å². The third-order valence-electron chi connectivity index (χ3n) is 3.49. The number of aromatic nitrogens is 2. The second-order valence-corrected chi connectivity index (χ2v) is 4.84. The van der Waals surface area contributed by atoms with Crippen LogP contribution in [0.5, 0.6) is 0 Å². The largest absolute Gasteiger partial charge is 0.394 e. The molecule has 1 aliphatic heterocycles. The minimum Gasteiger partial charge on any atom is -0.394 e. The van der Waals surface area contributed by atoms with Crippen LogP contribution in [0.3, 0.4) is 0 Å². The SMILES string of the molecule is O=[N+]([O-])c1ccc2nn([C@H]3O[C@@H](CO)[C@@H](O)[C@@H]3O)cc2c1. The summed E-state index contributed by atoms with van der Waals surface area (Å²) in [5, 5.41) is 44.1. The highest BCUT2D eigenvalue weighted by Gasteiger charge is 2.43. The van der Waals surface area contributed by atoms with Gasteiger partial charge in [-0.3, -0.25) is 10.1 Å². The van der Waals surface area contributed by atoms with Crippen molar-refractivity contribution in [1.82, 2.24) is 9.78 Å². The Morgan fingerprint density at radius 3 is 2.76 bits per heavy atom. The molecule has 4 atom stereocenters. The minimum atomic E-state index is -1.24. The minimum absolute atomic E-state index is 0.0665. The van der Waals surface area contributed by atoms with Crippen molar-refractivity contribution < 1.29 is 25.0 Å². The lowest BCUT2D eigenvalue weighted by Crippen LogP contribution is -2.33. The van der Waals surface area contributed by atoms with Crippen molar-refractivity contribution in [1.29, 1.82) is 0 Å². The molecule has 1 aromatic heterocycles. The first-order chi connectivity index (χ1) is 10.0. The highest BCUT2D eigenvalue weighted by Crippen LogP contribution is 2.30. The maximum absolute atomic E-state index is 10.7.